The Morgan fingerprint density at radius 3 is 1.88 bits per heavy atom. The summed E-state index contributed by atoms with van der Waals surface area (Å²) in [7, 11) is 0. The molecule has 2 aliphatic carbocycles. The van der Waals surface area contributed by atoms with Crippen LogP contribution in [0.1, 0.15) is 98.3 Å². The predicted molar refractivity (Wildman–Crippen MR) is 129 cm³/mol. The molecule has 0 spiro atoms. The molecule has 0 aromatic rings. The maximum absolute atomic E-state index is 11.3. The van der Waals surface area contributed by atoms with Crippen LogP contribution in [0.15, 0.2) is 0 Å². The average Bonchev–Trinajstić information content (AvgIpc) is 2.73. The summed E-state index contributed by atoms with van der Waals surface area (Å²) in [6, 6.07) is 0.690. The molecule has 1 atom stereocenters. The molecule has 33 heavy (non-hydrogen) atoms. The van der Waals surface area contributed by atoms with Crippen LogP contribution in [-0.4, -0.2) is 53.3 Å². The number of alkyl carbamates (subject to hydrolysis) is 1. The lowest BCUT2D eigenvalue weighted by atomic mass is 9.91. The highest BCUT2D eigenvalue weighted by Gasteiger charge is 2.19. The monoisotopic (exact) mass is 465 g/mol. The molecule has 0 aliphatic heterocycles. The number of hydrogen-bond acceptors (Lipinski definition) is 5. The van der Waals surface area contributed by atoms with Gasteiger partial charge in [0.25, 0.3) is 0 Å². The number of nitrogens with one attached hydrogen (secondary N) is 3. The second-order valence-corrected chi connectivity index (χ2v) is 9.84. The van der Waals surface area contributed by atoms with Crippen LogP contribution in [0.5, 0.6) is 0 Å². The third-order valence-corrected chi connectivity index (χ3v) is 5.51. The van der Waals surface area contributed by atoms with E-state index in [1.54, 1.807) is 20.8 Å². The maximum atomic E-state index is 11.3. The molecule has 2 fully saturated rings. The highest BCUT2D eigenvalue weighted by molar-refractivity contribution is 5.82. The van der Waals surface area contributed by atoms with Crippen molar-refractivity contribution < 1.29 is 24.2 Å². The fraction of sp³-hybridized carbons (Fsp3) is 0.800. The SMILES string of the molecule is C1CCC(NC2CCCCC2)CC1.CC(=O)NC(CC#CCNC(=O)OC(C)(C)C)C(=O)O. The Labute approximate surface area is 199 Å². The third kappa shape index (κ3) is 15.2. The zero-order valence-corrected chi connectivity index (χ0v) is 20.8. The molecule has 2 rings (SSSR count). The van der Waals surface area contributed by atoms with Crippen LogP contribution in [0.25, 0.3) is 0 Å². The van der Waals surface area contributed by atoms with Crippen molar-refractivity contribution in [3.63, 3.8) is 0 Å². The normalized spacial score (nSPS) is 17.9. The van der Waals surface area contributed by atoms with Gasteiger partial charge in [-0.15, -0.1) is 0 Å². The average molecular weight is 466 g/mol. The molecule has 1 unspecified atom stereocenters. The van der Waals surface area contributed by atoms with E-state index in [1.165, 1.54) is 71.1 Å². The number of carboxylic acid groups (broad SMARTS) is 1. The smallest absolute Gasteiger partial charge is 0.408 e. The van der Waals surface area contributed by atoms with E-state index in [1.807, 2.05) is 0 Å². The first-order valence-electron chi connectivity index (χ1n) is 12.3. The summed E-state index contributed by atoms with van der Waals surface area (Å²) in [5.41, 5.74) is -0.586. The number of aliphatic carboxylic acids is 1. The molecule has 8 heteroatoms. The van der Waals surface area contributed by atoms with Crippen LogP contribution in [0.3, 0.4) is 0 Å². The van der Waals surface area contributed by atoms with Gasteiger partial charge in [-0.05, 0) is 46.5 Å². The van der Waals surface area contributed by atoms with Crippen molar-refractivity contribution in [2.75, 3.05) is 6.54 Å². The van der Waals surface area contributed by atoms with Gasteiger partial charge in [0, 0.05) is 25.4 Å². The maximum Gasteiger partial charge on any atom is 0.408 e. The number of carboxylic acids is 1. The molecular formula is C25H43N3O5. The van der Waals surface area contributed by atoms with Crippen LogP contribution in [0.2, 0.25) is 0 Å². The molecule has 2 aliphatic rings. The minimum absolute atomic E-state index is 0.0368. The minimum Gasteiger partial charge on any atom is -0.480 e. The van der Waals surface area contributed by atoms with Crippen LogP contribution in [0, 0.1) is 11.8 Å². The van der Waals surface area contributed by atoms with E-state index >= 15 is 0 Å². The van der Waals surface area contributed by atoms with Crippen LogP contribution < -0.4 is 16.0 Å². The van der Waals surface area contributed by atoms with Gasteiger partial charge in [-0.3, -0.25) is 4.79 Å². The van der Waals surface area contributed by atoms with Crippen molar-refractivity contribution in [2.24, 2.45) is 0 Å². The van der Waals surface area contributed by atoms with E-state index < -0.39 is 29.6 Å². The number of hydrogen-bond donors (Lipinski definition) is 4. The molecule has 0 bridgehead atoms. The Hall–Kier alpha value is -2.27. The first-order chi connectivity index (χ1) is 15.6. The topological polar surface area (TPSA) is 117 Å². The van der Waals surface area contributed by atoms with Gasteiger partial charge in [0.2, 0.25) is 5.91 Å². The lowest BCUT2D eigenvalue weighted by Gasteiger charge is -2.30. The fourth-order valence-electron chi connectivity index (χ4n) is 3.98. The van der Waals surface area contributed by atoms with Crippen molar-refractivity contribution >= 4 is 18.0 Å². The molecule has 0 aromatic heterocycles. The third-order valence-electron chi connectivity index (χ3n) is 5.51. The van der Waals surface area contributed by atoms with Gasteiger partial charge in [0.15, 0.2) is 0 Å². The number of carbonyl (C=O) groups excluding carboxylic acids is 2. The number of amides is 2. The quantitative estimate of drug-likeness (QED) is 0.444. The van der Waals surface area contributed by atoms with E-state index in [9.17, 15) is 14.4 Å². The zero-order valence-electron chi connectivity index (χ0n) is 20.8. The first-order valence-corrected chi connectivity index (χ1v) is 12.3. The summed E-state index contributed by atoms with van der Waals surface area (Å²) in [5, 5.41) is 17.4. The Morgan fingerprint density at radius 2 is 1.45 bits per heavy atom. The highest BCUT2D eigenvalue weighted by atomic mass is 16.6. The van der Waals surface area contributed by atoms with Gasteiger partial charge >= 0.3 is 12.1 Å². The largest absolute Gasteiger partial charge is 0.480 e. The molecule has 0 heterocycles. The van der Waals surface area contributed by atoms with Crippen molar-refractivity contribution in [3.8, 4) is 11.8 Å². The minimum atomic E-state index is -1.16. The Kier molecular flexibility index (Phi) is 13.6. The van der Waals surface area contributed by atoms with Crippen LogP contribution in [0.4, 0.5) is 4.79 Å². The molecule has 2 amide bonds. The molecule has 0 saturated heterocycles. The second kappa shape index (κ2) is 15.5. The van der Waals surface area contributed by atoms with Gasteiger partial charge in [-0.25, -0.2) is 9.59 Å². The summed E-state index contributed by atoms with van der Waals surface area (Å²) in [5.74, 6) is 3.56. The van der Waals surface area contributed by atoms with Crippen molar-refractivity contribution in [2.45, 2.75) is 122 Å². The summed E-state index contributed by atoms with van der Waals surface area (Å²) in [6.45, 7) is 6.49. The highest BCUT2D eigenvalue weighted by Crippen LogP contribution is 2.22. The zero-order chi connectivity index (χ0) is 24.7. The Balaban J connectivity index is 0.000000357. The number of carbonyl (C=O) groups is 3. The second-order valence-electron chi connectivity index (χ2n) is 9.84. The van der Waals surface area contributed by atoms with E-state index in [0.717, 1.165) is 12.1 Å². The van der Waals surface area contributed by atoms with Crippen molar-refractivity contribution in [1.82, 2.24) is 16.0 Å². The number of ether oxygens (including phenoxy) is 1. The molecule has 4 N–H and O–H groups in total. The lowest BCUT2D eigenvalue weighted by Crippen LogP contribution is -2.40. The standard InChI is InChI=1S/C13H20N2O5.C12H23N/c1-9(16)15-10(11(17)18)7-5-6-8-14-12(19)20-13(2,3)4;1-3-7-11(8-4-1)13-12-9-5-2-6-10-12/h10H,7-8H2,1-4H3,(H,14,19)(H,15,16)(H,17,18);11-13H,1-10H2. The molecule has 188 valence electrons. The fourth-order valence-corrected chi connectivity index (χ4v) is 3.98. The summed E-state index contributed by atoms with van der Waals surface area (Å²) < 4.78 is 4.99. The van der Waals surface area contributed by atoms with E-state index in [2.05, 4.69) is 27.8 Å². The lowest BCUT2D eigenvalue weighted by molar-refractivity contribution is -0.141. The predicted octanol–water partition coefficient (Wildman–Crippen LogP) is 3.74. The summed E-state index contributed by atoms with van der Waals surface area (Å²) >= 11 is 0. The van der Waals surface area contributed by atoms with Gasteiger partial charge < -0.3 is 25.8 Å². The molecular weight excluding hydrogens is 422 g/mol. The molecule has 0 aromatic carbocycles. The molecule has 2 saturated carbocycles. The summed E-state index contributed by atoms with van der Waals surface area (Å²) in [4.78, 5) is 32.8. The molecule has 0 radical (unpaired) electrons. The Bertz CT molecular complexity index is 650. The van der Waals surface area contributed by atoms with Crippen molar-refractivity contribution in [3.05, 3.63) is 0 Å². The van der Waals surface area contributed by atoms with E-state index in [4.69, 9.17) is 9.84 Å². The van der Waals surface area contributed by atoms with Gasteiger partial charge in [-0.2, -0.15) is 0 Å². The van der Waals surface area contributed by atoms with Crippen LogP contribution >= 0.6 is 0 Å². The van der Waals surface area contributed by atoms with Crippen LogP contribution in [-0.2, 0) is 14.3 Å². The molecule has 8 nitrogen and oxygen atoms in total. The Morgan fingerprint density at radius 1 is 0.939 bits per heavy atom. The van der Waals surface area contributed by atoms with Crippen molar-refractivity contribution in [1.29, 1.82) is 0 Å². The first kappa shape index (κ1) is 28.8. The number of rotatable bonds is 6. The van der Waals surface area contributed by atoms with Gasteiger partial charge in [0.05, 0.1) is 6.54 Å². The van der Waals surface area contributed by atoms with E-state index in [0.29, 0.717) is 0 Å². The van der Waals surface area contributed by atoms with E-state index in [-0.39, 0.29) is 13.0 Å². The van der Waals surface area contributed by atoms with Gasteiger partial charge in [0.1, 0.15) is 11.6 Å². The summed E-state index contributed by atoms with van der Waals surface area (Å²) in [6.07, 6.45) is 13.9. The van der Waals surface area contributed by atoms with Gasteiger partial charge in [-0.1, -0.05) is 50.4 Å².